The van der Waals surface area contributed by atoms with E-state index in [4.69, 9.17) is 4.74 Å². The number of nitrogens with zero attached hydrogens (tertiary/aromatic N) is 1. The summed E-state index contributed by atoms with van der Waals surface area (Å²) in [4.78, 5) is 16.3. The lowest BCUT2D eigenvalue weighted by atomic mass is 10.2. The van der Waals surface area contributed by atoms with E-state index in [0.717, 1.165) is 5.56 Å². The van der Waals surface area contributed by atoms with Crippen LogP contribution in [0.2, 0.25) is 0 Å². The summed E-state index contributed by atoms with van der Waals surface area (Å²) in [5.74, 6) is -0.406. The molecule has 0 bridgehead atoms. The molecular weight excluding hydrogens is 376 g/mol. The molecule has 0 aromatic heterocycles. The molecule has 0 amide bonds. The van der Waals surface area contributed by atoms with Gasteiger partial charge in [-0.2, -0.15) is 0 Å². The quantitative estimate of drug-likeness (QED) is 0.600. The Hall–Kier alpha value is -3.03. The number of aliphatic imine (C=N–C) groups is 1. The Morgan fingerprint density at radius 1 is 1.04 bits per heavy atom. The largest absolute Gasteiger partial charge is 0.402 e. The first kappa shape index (κ1) is 19.7. The van der Waals surface area contributed by atoms with Crippen LogP contribution in [0.3, 0.4) is 0 Å². The predicted molar refractivity (Wildman–Crippen MR) is 108 cm³/mol. The van der Waals surface area contributed by atoms with Crippen LogP contribution < -0.4 is 4.72 Å². The molecule has 1 aliphatic heterocycles. The first-order valence-electron chi connectivity index (χ1n) is 8.72. The van der Waals surface area contributed by atoms with E-state index in [1.807, 2.05) is 36.4 Å². The van der Waals surface area contributed by atoms with Crippen molar-refractivity contribution >= 4 is 28.0 Å². The van der Waals surface area contributed by atoms with Crippen LogP contribution in [0.1, 0.15) is 25.0 Å². The number of rotatable bonds is 6. The Labute approximate surface area is 164 Å². The van der Waals surface area contributed by atoms with Gasteiger partial charge >= 0.3 is 5.97 Å². The van der Waals surface area contributed by atoms with Crippen molar-refractivity contribution in [2.75, 3.05) is 0 Å². The number of allylic oxidation sites excluding steroid dienone is 2. The minimum absolute atomic E-state index is 0.136. The molecule has 1 N–H and O–H groups in total. The SMILES string of the molecule is CC(C)NS(=O)(=O)c1ccc(C2=N/C(=C\C=C\c3ccccc3)C(=O)O2)cc1. The van der Waals surface area contributed by atoms with Crippen molar-refractivity contribution in [3.8, 4) is 0 Å². The van der Waals surface area contributed by atoms with Crippen LogP contribution in [0.5, 0.6) is 0 Å². The average Bonchev–Trinajstić information content (AvgIpc) is 3.02. The normalized spacial score (nSPS) is 16.0. The number of hydrogen-bond donors (Lipinski definition) is 1. The number of cyclic esters (lactones) is 1. The molecule has 0 atom stereocenters. The van der Waals surface area contributed by atoms with Gasteiger partial charge < -0.3 is 4.74 Å². The highest BCUT2D eigenvalue weighted by Crippen LogP contribution is 2.18. The van der Waals surface area contributed by atoms with E-state index in [9.17, 15) is 13.2 Å². The molecule has 0 radical (unpaired) electrons. The highest BCUT2D eigenvalue weighted by Gasteiger charge is 2.24. The molecule has 0 fully saturated rings. The molecule has 0 saturated carbocycles. The van der Waals surface area contributed by atoms with Gasteiger partial charge in [-0.1, -0.05) is 42.5 Å². The zero-order valence-electron chi connectivity index (χ0n) is 15.5. The number of benzene rings is 2. The molecule has 0 saturated heterocycles. The van der Waals surface area contributed by atoms with E-state index in [2.05, 4.69) is 9.71 Å². The summed E-state index contributed by atoms with van der Waals surface area (Å²) in [6.45, 7) is 3.50. The smallest absolute Gasteiger partial charge is 0.363 e. The lowest BCUT2D eigenvalue weighted by Crippen LogP contribution is -2.30. The number of sulfonamides is 1. The molecule has 1 heterocycles. The molecule has 3 rings (SSSR count). The van der Waals surface area contributed by atoms with Crippen molar-refractivity contribution in [2.45, 2.75) is 24.8 Å². The maximum absolute atomic E-state index is 12.2. The number of hydrogen-bond acceptors (Lipinski definition) is 5. The van der Waals surface area contributed by atoms with Crippen molar-refractivity contribution in [3.63, 3.8) is 0 Å². The third-order valence-corrected chi connectivity index (χ3v) is 5.44. The van der Waals surface area contributed by atoms with Crippen LogP contribution in [0, 0.1) is 0 Å². The summed E-state index contributed by atoms with van der Waals surface area (Å²) in [5, 5.41) is 0. The second kappa shape index (κ2) is 8.33. The van der Waals surface area contributed by atoms with Crippen molar-refractivity contribution in [3.05, 3.63) is 83.6 Å². The van der Waals surface area contributed by atoms with Gasteiger partial charge in [0.25, 0.3) is 0 Å². The maximum atomic E-state index is 12.2. The number of esters is 1. The molecule has 2 aromatic rings. The molecule has 28 heavy (non-hydrogen) atoms. The van der Waals surface area contributed by atoms with E-state index < -0.39 is 16.0 Å². The Morgan fingerprint density at radius 2 is 1.71 bits per heavy atom. The van der Waals surface area contributed by atoms with Crippen molar-refractivity contribution in [1.29, 1.82) is 0 Å². The molecule has 0 spiro atoms. The number of ether oxygens (including phenoxy) is 1. The van der Waals surface area contributed by atoms with Gasteiger partial charge in [-0.15, -0.1) is 0 Å². The van der Waals surface area contributed by atoms with E-state index in [0.29, 0.717) is 5.56 Å². The lowest BCUT2D eigenvalue weighted by molar-refractivity contribution is -0.130. The third kappa shape index (κ3) is 4.82. The van der Waals surface area contributed by atoms with Gasteiger partial charge in [-0.25, -0.2) is 22.9 Å². The molecule has 7 heteroatoms. The zero-order chi connectivity index (χ0) is 20.1. The minimum Gasteiger partial charge on any atom is -0.402 e. The Kier molecular flexibility index (Phi) is 5.87. The van der Waals surface area contributed by atoms with E-state index in [1.165, 1.54) is 12.1 Å². The Balaban J connectivity index is 1.77. The number of carbonyl (C=O) groups excluding carboxylic acids is 1. The first-order chi connectivity index (χ1) is 13.3. The molecule has 2 aromatic carbocycles. The number of carbonyl (C=O) groups is 1. The fourth-order valence-corrected chi connectivity index (χ4v) is 3.77. The van der Waals surface area contributed by atoms with Gasteiger partial charge in [0.2, 0.25) is 15.9 Å². The second-order valence-electron chi connectivity index (χ2n) is 6.43. The van der Waals surface area contributed by atoms with Gasteiger partial charge in [0.05, 0.1) is 4.90 Å². The summed E-state index contributed by atoms with van der Waals surface area (Å²) in [6.07, 6.45) is 5.16. The van der Waals surface area contributed by atoms with Crippen LogP contribution in [0.4, 0.5) is 0 Å². The van der Waals surface area contributed by atoms with Crippen LogP contribution in [-0.2, 0) is 19.6 Å². The molecule has 6 nitrogen and oxygen atoms in total. The fraction of sp³-hybridized carbons (Fsp3) is 0.143. The highest BCUT2D eigenvalue weighted by molar-refractivity contribution is 7.89. The molecule has 0 unspecified atom stereocenters. The highest BCUT2D eigenvalue weighted by atomic mass is 32.2. The predicted octanol–water partition coefficient (Wildman–Crippen LogP) is 3.27. The standard InChI is InChI=1S/C21H20N2O4S/c1-15(2)23-28(25,26)18-13-11-17(12-14-18)20-22-19(21(24)27-20)10-6-9-16-7-4-3-5-8-16/h3-15,23H,1-2H3/b9-6+,19-10-. The van der Waals surface area contributed by atoms with Crippen molar-refractivity contribution < 1.29 is 17.9 Å². The second-order valence-corrected chi connectivity index (χ2v) is 8.14. The fourth-order valence-electron chi connectivity index (χ4n) is 2.52. The number of nitrogens with one attached hydrogen (secondary N) is 1. The zero-order valence-corrected chi connectivity index (χ0v) is 16.3. The monoisotopic (exact) mass is 396 g/mol. The van der Waals surface area contributed by atoms with Crippen LogP contribution >= 0.6 is 0 Å². The minimum atomic E-state index is -3.58. The van der Waals surface area contributed by atoms with Gasteiger partial charge in [0.15, 0.2) is 5.70 Å². The van der Waals surface area contributed by atoms with Crippen LogP contribution in [0.15, 0.2) is 82.3 Å². The first-order valence-corrected chi connectivity index (χ1v) is 10.2. The van der Waals surface area contributed by atoms with E-state index in [-0.39, 0.29) is 22.5 Å². The molecule has 1 aliphatic rings. The van der Waals surface area contributed by atoms with Gasteiger partial charge in [0, 0.05) is 11.6 Å². The topological polar surface area (TPSA) is 84.8 Å². The Bertz CT molecular complexity index is 1050. The maximum Gasteiger partial charge on any atom is 0.363 e. The third-order valence-electron chi connectivity index (χ3n) is 3.77. The van der Waals surface area contributed by atoms with Crippen LogP contribution in [0.25, 0.3) is 6.08 Å². The summed E-state index contributed by atoms with van der Waals surface area (Å²) in [5.41, 5.74) is 1.70. The molecular formula is C21H20N2O4S. The Morgan fingerprint density at radius 3 is 2.36 bits per heavy atom. The molecule has 144 valence electrons. The summed E-state index contributed by atoms with van der Waals surface area (Å²) in [6, 6.07) is 15.5. The summed E-state index contributed by atoms with van der Waals surface area (Å²) in [7, 11) is -3.58. The summed E-state index contributed by atoms with van der Waals surface area (Å²) < 4.78 is 32.1. The van der Waals surface area contributed by atoms with E-state index in [1.54, 1.807) is 38.1 Å². The molecule has 0 aliphatic carbocycles. The van der Waals surface area contributed by atoms with Crippen molar-refractivity contribution in [2.24, 2.45) is 4.99 Å². The van der Waals surface area contributed by atoms with Crippen LogP contribution in [-0.4, -0.2) is 26.3 Å². The van der Waals surface area contributed by atoms with Gasteiger partial charge in [-0.05, 0) is 49.8 Å². The van der Waals surface area contributed by atoms with Gasteiger partial charge in [0.1, 0.15) is 0 Å². The van der Waals surface area contributed by atoms with E-state index >= 15 is 0 Å². The lowest BCUT2D eigenvalue weighted by Gasteiger charge is -2.09. The van der Waals surface area contributed by atoms with Gasteiger partial charge in [-0.3, -0.25) is 0 Å². The average molecular weight is 396 g/mol. The summed E-state index contributed by atoms with van der Waals surface area (Å²) >= 11 is 0. The van der Waals surface area contributed by atoms with Crippen molar-refractivity contribution in [1.82, 2.24) is 4.72 Å².